The number of allylic oxidation sites excluding steroid dienone is 1. The predicted octanol–water partition coefficient (Wildman–Crippen LogP) is 3.98. The number of aromatic amines is 1. The molecule has 2 aromatic carbocycles. The summed E-state index contributed by atoms with van der Waals surface area (Å²) in [5.41, 5.74) is -0.275. The monoisotopic (exact) mass is 508 g/mol. The topological polar surface area (TPSA) is 85.5 Å². The van der Waals surface area contributed by atoms with Crippen LogP contribution in [0.25, 0.3) is 22.0 Å². The maximum absolute atomic E-state index is 14.1. The smallest absolute Gasteiger partial charge is 0.368 e. The first-order chi connectivity index (χ1) is 17.7. The number of amides is 3. The van der Waals surface area contributed by atoms with Crippen molar-refractivity contribution >= 4 is 45.5 Å². The highest BCUT2D eigenvalue weighted by Gasteiger charge is 2.40. The molecule has 37 heavy (non-hydrogen) atoms. The van der Waals surface area contributed by atoms with Gasteiger partial charge in [-0.25, -0.2) is 0 Å². The fourth-order valence-electron chi connectivity index (χ4n) is 4.86. The Hall–Kier alpha value is -4.34. The van der Waals surface area contributed by atoms with Crippen LogP contribution in [0.4, 0.5) is 18.9 Å². The van der Waals surface area contributed by atoms with Gasteiger partial charge in [0.05, 0.1) is 16.7 Å². The van der Waals surface area contributed by atoms with Crippen molar-refractivity contribution in [2.24, 2.45) is 0 Å². The van der Waals surface area contributed by atoms with Crippen LogP contribution < -0.4 is 10.2 Å². The van der Waals surface area contributed by atoms with Crippen molar-refractivity contribution in [3.05, 3.63) is 77.5 Å². The van der Waals surface area contributed by atoms with E-state index in [1.807, 2.05) is 4.90 Å². The van der Waals surface area contributed by atoms with Gasteiger partial charge in [0.25, 0.3) is 11.8 Å². The normalized spacial score (nSPS) is 16.9. The lowest BCUT2D eigenvalue weighted by Gasteiger charge is -2.36. The van der Waals surface area contributed by atoms with Crippen LogP contribution in [-0.2, 0) is 20.6 Å². The average molecular weight is 509 g/mol. The number of benzene rings is 2. The first-order valence-electron chi connectivity index (χ1n) is 11.7. The van der Waals surface area contributed by atoms with Crippen molar-refractivity contribution in [2.45, 2.75) is 13.1 Å². The number of piperazine rings is 1. The van der Waals surface area contributed by atoms with E-state index in [1.54, 1.807) is 42.2 Å². The summed E-state index contributed by atoms with van der Waals surface area (Å²) in [5.74, 6) is -1.75. The van der Waals surface area contributed by atoms with E-state index in [9.17, 15) is 27.6 Å². The molecule has 1 saturated heterocycles. The Labute approximate surface area is 210 Å². The van der Waals surface area contributed by atoms with Crippen LogP contribution in [0.2, 0.25) is 0 Å². The highest BCUT2D eigenvalue weighted by molar-refractivity contribution is 6.50. The van der Waals surface area contributed by atoms with E-state index in [0.29, 0.717) is 48.3 Å². The SMILES string of the molecule is C/C=C/C(=O)N1CCN(c2ccc(C(F)(F)F)c(C3=C(c4c[nH]c5ccccc45)C(=O)NC3=O)c2)CC1. The highest BCUT2D eigenvalue weighted by Crippen LogP contribution is 2.42. The van der Waals surface area contributed by atoms with Crippen LogP contribution in [-0.4, -0.2) is 53.8 Å². The van der Waals surface area contributed by atoms with Gasteiger partial charge in [-0.05, 0) is 37.3 Å². The molecule has 3 heterocycles. The standard InChI is InChI=1S/C27H23F3N4O3/c1-2-5-22(35)34-12-10-33(11-13-34)16-8-9-20(27(28,29)30)18(14-16)23-24(26(37)32-25(23)36)19-15-31-21-7-4-3-6-17(19)21/h2-9,14-15,31H,10-13H2,1H3,(H,32,36,37)/b5-2+. The molecule has 7 nitrogen and oxygen atoms in total. The number of alkyl halides is 3. The molecule has 3 aromatic rings. The Morgan fingerprint density at radius 3 is 2.30 bits per heavy atom. The fraction of sp³-hybridized carbons (Fsp3) is 0.222. The Bertz CT molecular complexity index is 1480. The molecule has 10 heteroatoms. The Morgan fingerprint density at radius 1 is 0.946 bits per heavy atom. The maximum atomic E-state index is 14.1. The van der Waals surface area contributed by atoms with E-state index in [-0.39, 0.29) is 22.6 Å². The summed E-state index contributed by atoms with van der Waals surface area (Å²) in [4.78, 5) is 44.5. The molecule has 0 spiro atoms. The number of H-pyrrole nitrogens is 1. The van der Waals surface area contributed by atoms with Crippen LogP contribution in [0.1, 0.15) is 23.6 Å². The van der Waals surface area contributed by atoms with E-state index in [1.165, 1.54) is 24.4 Å². The second-order valence-electron chi connectivity index (χ2n) is 8.82. The van der Waals surface area contributed by atoms with Crippen LogP contribution in [0, 0.1) is 0 Å². The van der Waals surface area contributed by atoms with E-state index in [0.717, 1.165) is 6.07 Å². The molecular formula is C27H23F3N4O3. The Morgan fingerprint density at radius 2 is 1.62 bits per heavy atom. The van der Waals surface area contributed by atoms with E-state index < -0.39 is 23.6 Å². The zero-order chi connectivity index (χ0) is 26.3. The Balaban J connectivity index is 1.61. The number of nitrogens with one attached hydrogen (secondary N) is 2. The van der Waals surface area contributed by atoms with Gasteiger partial charge < -0.3 is 14.8 Å². The fourth-order valence-corrected chi connectivity index (χ4v) is 4.86. The van der Waals surface area contributed by atoms with Gasteiger partial charge in [-0.15, -0.1) is 0 Å². The number of hydrogen-bond acceptors (Lipinski definition) is 4. The molecular weight excluding hydrogens is 485 g/mol. The van der Waals surface area contributed by atoms with Gasteiger partial charge in [-0.1, -0.05) is 24.3 Å². The molecule has 1 aromatic heterocycles. The molecule has 0 bridgehead atoms. The number of imide groups is 1. The summed E-state index contributed by atoms with van der Waals surface area (Å²) in [6.45, 7) is 3.38. The van der Waals surface area contributed by atoms with Crippen molar-refractivity contribution in [3.8, 4) is 0 Å². The molecule has 0 aliphatic carbocycles. The first kappa shape index (κ1) is 24.4. The number of halogens is 3. The van der Waals surface area contributed by atoms with Crippen molar-refractivity contribution in [1.29, 1.82) is 0 Å². The number of hydrogen-bond donors (Lipinski definition) is 2. The molecule has 3 amide bonds. The van der Waals surface area contributed by atoms with Crippen molar-refractivity contribution < 1.29 is 27.6 Å². The molecule has 0 saturated carbocycles. The number of anilines is 1. The predicted molar refractivity (Wildman–Crippen MR) is 133 cm³/mol. The van der Waals surface area contributed by atoms with Crippen molar-refractivity contribution in [1.82, 2.24) is 15.2 Å². The van der Waals surface area contributed by atoms with E-state index in [2.05, 4.69) is 10.3 Å². The van der Waals surface area contributed by atoms with Gasteiger partial charge in [-0.3, -0.25) is 19.7 Å². The molecule has 2 aliphatic rings. The molecule has 0 unspecified atom stereocenters. The van der Waals surface area contributed by atoms with Crippen LogP contribution in [0.15, 0.2) is 60.8 Å². The number of carbonyl (C=O) groups excluding carboxylic acids is 3. The minimum Gasteiger partial charge on any atom is -0.368 e. The van der Waals surface area contributed by atoms with Gasteiger partial charge in [-0.2, -0.15) is 13.2 Å². The number of rotatable bonds is 4. The van der Waals surface area contributed by atoms with Crippen molar-refractivity contribution in [2.75, 3.05) is 31.1 Å². The lowest BCUT2D eigenvalue weighted by Crippen LogP contribution is -2.48. The summed E-state index contributed by atoms with van der Waals surface area (Å²) < 4.78 is 42.4. The molecule has 1 fully saturated rings. The van der Waals surface area contributed by atoms with Gasteiger partial charge >= 0.3 is 6.18 Å². The number of fused-ring (bicyclic) bond motifs is 1. The summed E-state index contributed by atoms with van der Waals surface area (Å²) in [6, 6.07) is 10.7. The van der Waals surface area contributed by atoms with Crippen LogP contribution in [0.3, 0.4) is 0 Å². The zero-order valence-corrected chi connectivity index (χ0v) is 19.9. The summed E-state index contributed by atoms with van der Waals surface area (Å²) in [6.07, 6.45) is -0.101. The number of carbonyl (C=O) groups is 3. The minimum absolute atomic E-state index is 0.105. The average Bonchev–Trinajstić information content (AvgIpc) is 3.42. The molecule has 0 atom stereocenters. The largest absolute Gasteiger partial charge is 0.417 e. The molecule has 5 rings (SSSR count). The highest BCUT2D eigenvalue weighted by atomic mass is 19.4. The van der Waals surface area contributed by atoms with Crippen LogP contribution >= 0.6 is 0 Å². The van der Waals surface area contributed by atoms with Gasteiger partial charge in [0.1, 0.15) is 0 Å². The quantitative estimate of drug-likeness (QED) is 0.413. The molecule has 2 N–H and O–H groups in total. The maximum Gasteiger partial charge on any atom is 0.417 e. The summed E-state index contributed by atoms with van der Waals surface area (Å²) in [5, 5.41) is 2.80. The molecule has 2 aliphatic heterocycles. The number of aromatic nitrogens is 1. The minimum atomic E-state index is -4.75. The first-order valence-corrected chi connectivity index (χ1v) is 11.7. The van der Waals surface area contributed by atoms with Gasteiger partial charge in [0, 0.05) is 60.1 Å². The van der Waals surface area contributed by atoms with Crippen LogP contribution in [0.5, 0.6) is 0 Å². The second-order valence-corrected chi connectivity index (χ2v) is 8.82. The summed E-state index contributed by atoms with van der Waals surface area (Å²) >= 11 is 0. The Kier molecular flexibility index (Phi) is 6.10. The van der Waals surface area contributed by atoms with Gasteiger partial charge in [0.15, 0.2) is 0 Å². The molecule has 0 radical (unpaired) electrons. The molecule has 190 valence electrons. The number of para-hydroxylation sites is 1. The van der Waals surface area contributed by atoms with Gasteiger partial charge in [0.2, 0.25) is 5.91 Å². The third-order valence-electron chi connectivity index (χ3n) is 6.63. The second kappa shape index (κ2) is 9.27. The third kappa shape index (κ3) is 4.39. The van der Waals surface area contributed by atoms with Crippen molar-refractivity contribution in [3.63, 3.8) is 0 Å². The van der Waals surface area contributed by atoms with E-state index in [4.69, 9.17) is 0 Å². The lowest BCUT2D eigenvalue weighted by atomic mass is 9.92. The third-order valence-corrected chi connectivity index (χ3v) is 6.63. The zero-order valence-electron chi connectivity index (χ0n) is 19.9. The lowest BCUT2D eigenvalue weighted by molar-refractivity contribution is -0.137. The van der Waals surface area contributed by atoms with E-state index >= 15 is 0 Å². The number of nitrogens with zero attached hydrogens (tertiary/aromatic N) is 2. The summed E-state index contributed by atoms with van der Waals surface area (Å²) in [7, 11) is 0.